The highest BCUT2D eigenvalue weighted by molar-refractivity contribution is 5.67. The van der Waals surface area contributed by atoms with E-state index >= 15 is 0 Å². The molecule has 0 radical (unpaired) electrons. The summed E-state index contributed by atoms with van der Waals surface area (Å²) in [4.78, 5) is 38.0. The Balaban J connectivity index is -0.000000205. The van der Waals surface area contributed by atoms with Crippen LogP contribution in [0.3, 0.4) is 0 Å². The summed E-state index contributed by atoms with van der Waals surface area (Å²) in [6.07, 6.45) is 0. The number of carboxylic acid groups (broad SMARTS) is 2. The first-order valence-corrected chi connectivity index (χ1v) is 4.25. The minimum atomic E-state index is -0.833. The Morgan fingerprint density at radius 3 is 1.06 bits per heavy atom. The van der Waals surface area contributed by atoms with E-state index in [1.165, 1.54) is 13.8 Å². The minimum Gasteiger partial charge on any atom is -0.481 e. The van der Waals surface area contributed by atoms with Crippen molar-refractivity contribution in [3.05, 3.63) is 0 Å². The van der Waals surface area contributed by atoms with Crippen LogP contribution in [0.4, 0.5) is 0 Å². The van der Waals surface area contributed by atoms with E-state index in [-0.39, 0.29) is 6.79 Å². The fourth-order valence-electron chi connectivity index (χ4n) is 0.195. The highest BCUT2D eigenvalue weighted by Gasteiger charge is 1.93. The number of carboxylic acids is 2. The molecule has 0 fully saturated rings. The summed E-state index contributed by atoms with van der Waals surface area (Å²) in [6.45, 7) is 4.36. The maximum absolute atomic E-state index is 10.0. The van der Waals surface area contributed by atoms with E-state index in [0.717, 1.165) is 13.8 Å². The Labute approximate surface area is 98.1 Å². The van der Waals surface area contributed by atoms with Crippen molar-refractivity contribution < 1.29 is 38.9 Å². The topological polar surface area (TPSA) is 127 Å². The molecule has 0 aromatic heterocycles. The third-order valence-electron chi connectivity index (χ3n) is 0.524. The molecule has 0 aliphatic rings. The lowest BCUT2D eigenvalue weighted by Crippen LogP contribution is -2.07. The lowest BCUT2D eigenvalue weighted by Gasteiger charge is -1.99. The van der Waals surface area contributed by atoms with Crippen LogP contribution in [0.25, 0.3) is 0 Å². The zero-order chi connectivity index (χ0) is 14.4. The number of hydrogen-bond acceptors (Lipinski definition) is 6. The van der Waals surface area contributed by atoms with Crippen molar-refractivity contribution in [2.75, 3.05) is 6.79 Å². The first-order chi connectivity index (χ1) is 7.59. The summed E-state index contributed by atoms with van der Waals surface area (Å²) in [5.74, 6) is -2.59. The van der Waals surface area contributed by atoms with Crippen molar-refractivity contribution in [3.8, 4) is 0 Å². The predicted octanol–water partition coefficient (Wildman–Crippen LogP) is 0.252. The standard InChI is InChI=1S/C5H8O4.2C2H4O2/c1-4(6)8-3-9-5(2)7;2*1-2(3)4/h3H2,1-2H3;2*1H3,(H,3,4). The molecule has 0 bridgehead atoms. The summed E-state index contributed by atoms with van der Waals surface area (Å²) in [7, 11) is 0. The van der Waals surface area contributed by atoms with Gasteiger partial charge in [-0.25, -0.2) is 0 Å². The van der Waals surface area contributed by atoms with Crippen LogP contribution in [0.5, 0.6) is 0 Å². The van der Waals surface area contributed by atoms with Crippen molar-refractivity contribution in [1.82, 2.24) is 0 Å². The van der Waals surface area contributed by atoms with Crippen LogP contribution >= 0.6 is 0 Å². The molecule has 8 heteroatoms. The molecular weight excluding hydrogens is 236 g/mol. The molecule has 0 aromatic rings. The van der Waals surface area contributed by atoms with Gasteiger partial charge < -0.3 is 19.7 Å². The van der Waals surface area contributed by atoms with Crippen LogP contribution in [-0.2, 0) is 28.7 Å². The average molecular weight is 252 g/mol. The molecule has 100 valence electrons. The van der Waals surface area contributed by atoms with Crippen LogP contribution in [0, 0.1) is 0 Å². The second-order valence-electron chi connectivity index (χ2n) is 2.43. The molecule has 0 atom stereocenters. The van der Waals surface area contributed by atoms with Gasteiger partial charge in [-0.05, 0) is 0 Å². The molecule has 0 spiro atoms. The molecule has 0 aliphatic heterocycles. The molecule has 0 aliphatic carbocycles. The maximum atomic E-state index is 10.0. The van der Waals surface area contributed by atoms with E-state index in [1.807, 2.05) is 0 Å². The SMILES string of the molecule is CC(=O)O.CC(=O)O.CC(=O)OCOC(C)=O. The van der Waals surface area contributed by atoms with E-state index in [2.05, 4.69) is 9.47 Å². The van der Waals surface area contributed by atoms with E-state index < -0.39 is 23.9 Å². The van der Waals surface area contributed by atoms with E-state index in [1.54, 1.807) is 0 Å². The van der Waals surface area contributed by atoms with Crippen LogP contribution in [-0.4, -0.2) is 40.9 Å². The molecular formula is C9H16O8. The van der Waals surface area contributed by atoms with Crippen molar-refractivity contribution >= 4 is 23.9 Å². The first kappa shape index (κ1) is 20.3. The molecule has 0 saturated heterocycles. The summed E-state index contributed by atoms with van der Waals surface area (Å²) in [5.41, 5.74) is 0. The van der Waals surface area contributed by atoms with Gasteiger partial charge >= 0.3 is 11.9 Å². The summed E-state index contributed by atoms with van der Waals surface area (Å²) >= 11 is 0. The minimum absolute atomic E-state index is 0.287. The zero-order valence-electron chi connectivity index (χ0n) is 10.1. The Hall–Kier alpha value is -2.12. The van der Waals surface area contributed by atoms with Gasteiger partial charge in [-0.2, -0.15) is 0 Å². The van der Waals surface area contributed by atoms with Crippen LogP contribution in [0.2, 0.25) is 0 Å². The Morgan fingerprint density at radius 2 is 0.941 bits per heavy atom. The van der Waals surface area contributed by atoms with Crippen molar-refractivity contribution in [2.45, 2.75) is 27.7 Å². The second kappa shape index (κ2) is 13.9. The van der Waals surface area contributed by atoms with Gasteiger partial charge in [-0.3, -0.25) is 19.2 Å². The number of ether oxygens (including phenoxy) is 2. The number of esters is 2. The number of carbonyl (C=O) groups excluding carboxylic acids is 2. The van der Waals surface area contributed by atoms with E-state index in [4.69, 9.17) is 19.8 Å². The molecule has 2 N–H and O–H groups in total. The quantitative estimate of drug-likeness (QED) is 0.528. The smallest absolute Gasteiger partial charge is 0.305 e. The molecule has 17 heavy (non-hydrogen) atoms. The monoisotopic (exact) mass is 252 g/mol. The van der Waals surface area contributed by atoms with Crippen molar-refractivity contribution in [3.63, 3.8) is 0 Å². The zero-order valence-corrected chi connectivity index (χ0v) is 10.1. The summed E-state index contributed by atoms with van der Waals surface area (Å²) < 4.78 is 8.54. The van der Waals surface area contributed by atoms with Gasteiger partial charge in [0, 0.05) is 27.7 Å². The highest BCUT2D eigenvalue weighted by Crippen LogP contribution is 1.79. The fourth-order valence-corrected chi connectivity index (χ4v) is 0.195. The molecule has 0 unspecified atom stereocenters. The van der Waals surface area contributed by atoms with Gasteiger partial charge in [0.25, 0.3) is 11.9 Å². The molecule has 0 aromatic carbocycles. The van der Waals surface area contributed by atoms with Crippen LogP contribution in [0.1, 0.15) is 27.7 Å². The number of hydrogen-bond donors (Lipinski definition) is 2. The maximum Gasteiger partial charge on any atom is 0.305 e. The average Bonchev–Trinajstić information content (AvgIpc) is 1.99. The summed E-state index contributed by atoms with van der Waals surface area (Å²) in [5, 5.41) is 14.8. The molecule has 0 rings (SSSR count). The lowest BCUT2D eigenvalue weighted by molar-refractivity contribution is -0.164. The van der Waals surface area contributed by atoms with E-state index in [9.17, 15) is 9.59 Å². The van der Waals surface area contributed by atoms with Crippen LogP contribution in [0.15, 0.2) is 0 Å². The Morgan fingerprint density at radius 1 is 0.765 bits per heavy atom. The van der Waals surface area contributed by atoms with E-state index in [0.29, 0.717) is 0 Å². The highest BCUT2D eigenvalue weighted by atomic mass is 16.7. The first-order valence-electron chi connectivity index (χ1n) is 4.25. The third kappa shape index (κ3) is 130. The van der Waals surface area contributed by atoms with Gasteiger partial charge in [0.05, 0.1) is 0 Å². The van der Waals surface area contributed by atoms with Gasteiger partial charge in [0.2, 0.25) is 6.79 Å². The lowest BCUT2D eigenvalue weighted by atomic mass is 10.8. The van der Waals surface area contributed by atoms with Gasteiger partial charge in [-0.1, -0.05) is 0 Å². The second-order valence-corrected chi connectivity index (χ2v) is 2.43. The van der Waals surface area contributed by atoms with Gasteiger partial charge in [0.15, 0.2) is 0 Å². The number of rotatable bonds is 2. The normalized spacial score (nSPS) is 7.29. The summed E-state index contributed by atoms with van der Waals surface area (Å²) in [6, 6.07) is 0. The van der Waals surface area contributed by atoms with Crippen LogP contribution < -0.4 is 0 Å². The Bertz CT molecular complexity index is 224. The molecule has 0 amide bonds. The predicted molar refractivity (Wildman–Crippen MR) is 55.0 cm³/mol. The Kier molecular flexibility index (Phi) is 16.6. The van der Waals surface area contributed by atoms with Gasteiger partial charge in [-0.15, -0.1) is 0 Å². The molecule has 0 saturated carbocycles. The van der Waals surface area contributed by atoms with Crippen molar-refractivity contribution in [1.29, 1.82) is 0 Å². The molecule has 8 nitrogen and oxygen atoms in total. The van der Waals surface area contributed by atoms with Crippen molar-refractivity contribution in [2.24, 2.45) is 0 Å². The largest absolute Gasteiger partial charge is 0.481 e. The number of carbonyl (C=O) groups is 4. The van der Waals surface area contributed by atoms with Gasteiger partial charge in [0.1, 0.15) is 0 Å². The molecule has 0 heterocycles. The third-order valence-corrected chi connectivity index (χ3v) is 0.524. The number of aliphatic carboxylic acids is 2. The fraction of sp³-hybridized carbons (Fsp3) is 0.556.